The number of aromatic nitrogens is 1. The van der Waals surface area contributed by atoms with Crippen LogP contribution in [0.5, 0.6) is 0 Å². The lowest BCUT2D eigenvalue weighted by Crippen LogP contribution is -2.26. The van der Waals surface area contributed by atoms with Gasteiger partial charge < -0.3 is 10.6 Å². The van der Waals surface area contributed by atoms with E-state index in [4.69, 9.17) is 5.73 Å². The zero-order valence-electron chi connectivity index (χ0n) is 11.9. The largest absolute Gasteiger partial charge is 0.365 e. The molecule has 2 rings (SSSR count). The van der Waals surface area contributed by atoms with Gasteiger partial charge in [0.1, 0.15) is 4.88 Å². The fraction of sp³-hybridized carbons (Fsp3) is 0.357. The molecule has 2 aromatic heterocycles. The first-order chi connectivity index (χ1) is 10.1. The molecule has 7 heteroatoms. The molecule has 5 nitrogen and oxygen atoms in total. The van der Waals surface area contributed by atoms with E-state index in [1.807, 2.05) is 36.3 Å². The Hall–Kier alpha value is -1.91. The highest BCUT2D eigenvalue weighted by Crippen LogP contribution is 2.33. The average molecular weight is 320 g/mol. The lowest BCUT2D eigenvalue weighted by Gasteiger charge is -2.24. The Balaban J connectivity index is 2.42. The summed E-state index contributed by atoms with van der Waals surface area (Å²) in [4.78, 5) is 19.3. The maximum Gasteiger partial charge on any atom is 0.260 e. The molecule has 1 atom stereocenters. The second-order valence-electron chi connectivity index (χ2n) is 4.32. The topological polar surface area (TPSA) is 83.0 Å². The fourth-order valence-corrected chi connectivity index (χ4v) is 3.94. The summed E-state index contributed by atoms with van der Waals surface area (Å²) in [6.45, 7) is 4.53. The summed E-state index contributed by atoms with van der Waals surface area (Å²) < 4.78 is 0. The van der Waals surface area contributed by atoms with Crippen LogP contribution in [-0.4, -0.2) is 17.4 Å². The summed E-state index contributed by atoms with van der Waals surface area (Å²) in [7, 11) is 0. The van der Waals surface area contributed by atoms with Gasteiger partial charge in [-0.2, -0.15) is 5.26 Å². The first-order valence-electron chi connectivity index (χ1n) is 6.61. The van der Waals surface area contributed by atoms with Gasteiger partial charge in [-0.3, -0.25) is 4.79 Å². The predicted molar refractivity (Wildman–Crippen MR) is 85.7 cm³/mol. The second-order valence-corrected chi connectivity index (χ2v) is 6.28. The Morgan fingerprint density at radius 2 is 2.33 bits per heavy atom. The number of amides is 1. The predicted octanol–water partition coefficient (Wildman–Crippen LogP) is 2.96. The van der Waals surface area contributed by atoms with Crippen molar-refractivity contribution in [1.29, 1.82) is 5.26 Å². The molecule has 0 aliphatic rings. The number of thiazole rings is 1. The minimum Gasteiger partial charge on any atom is -0.365 e. The maximum atomic E-state index is 11.5. The van der Waals surface area contributed by atoms with Crippen molar-refractivity contribution in [3.8, 4) is 6.07 Å². The SMILES string of the molecule is CCc1nc(N(CC)C(C#N)c2cccs2)sc1C(N)=O. The highest BCUT2D eigenvalue weighted by atomic mass is 32.1. The Kier molecular flexibility index (Phi) is 4.94. The molecule has 0 aliphatic heterocycles. The maximum absolute atomic E-state index is 11.5. The number of hydrogen-bond donors (Lipinski definition) is 1. The van der Waals surface area contributed by atoms with Crippen molar-refractivity contribution in [2.75, 3.05) is 11.4 Å². The van der Waals surface area contributed by atoms with E-state index in [-0.39, 0.29) is 0 Å². The van der Waals surface area contributed by atoms with Gasteiger partial charge in [0.05, 0.1) is 11.8 Å². The van der Waals surface area contributed by atoms with E-state index in [9.17, 15) is 10.1 Å². The highest BCUT2D eigenvalue weighted by molar-refractivity contribution is 7.17. The van der Waals surface area contributed by atoms with Crippen molar-refractivity contribution < 1.29 is 4.79 Å². The van der Waals surface area contributed by atoms with Crippen molar-refractivity contribution in [3.05, 3.63) is 33.0 Å². The summed E-state index contributed by atoms with van der Waals surface area (Å²) in [5.41, 5.74) is 6.10. The monoisotopic (exact) mass is 320 g/mol. The number of nitrogens with zero attached hydrogens (tertiary/aromatic N) is 3. The van der Waals surface area contributed by atoms with Crippen molar-refractivity contribution in [2.24, 2.45) is 5.73 Å². The molecule has 21 heavy (non-hydrogen) atoms. The van der Waals surface area contributed by atoms with Crippen LogP contribution in [0, 0.1) is 11.3 Å². The molecule has 0 aliphatic carbocycles. The van der Waals surface area contributed by atoms with Crippen LogP contribution >= 0.6 is 22.7 Å². The van der Waals surface area contributed by atoms with Crippen molar-refractivity contribution in [1.82, 2.24) is 4.98 Å². The molecule has 2 aromatic rings. The van der Waals surface area contributed by atoms with Crippen LogP contribution in [0.4, 0.5) is 5.13 Å². The number of rotatable bonds is 6. The number of carbonyl (C=O) groups excluding carboxylic acids is 1. The number of primary amides is 1. The van der Waals surface area contributed by atoms with Crippen LogP contribution in [0.3, 0.4) is 0 Å². The second kappa shape index (κ2) is 6.70. The van der Waals surface area contributed by atoms with Crippen LogP contribution in [0.15, 0.2) is 17.5 Å². The van der Waals surface area contributed by atoms with Gasteiger partial charge in [-0.15, -0.1) is 11.3 Å². The van der Waals surface area contributed by atoms with Gasteiger partial charge in [0.15, 0.2) is 11.2 Å². The lowest BCUT2D eigenvalue weighted by molar-refractivity contribution is 0.100. The molecule has 0 saturated heterocycles. The van der Waals surface area contributed by atoms with Gasteiger partial charge in [-0.05, 0) is 24.8 Å². The van der Waals surface area contributed by atoms with Crippen LogP contribution in [0.25, 0.3) is 0 Å². The molecule has 1 unspecified atom stereocenters. The average Bonchev–Trinajstić information content (AvgIpc) is 3.13. The van der Waals surface area contributed by atoms with Gasteiger partial charge >= 0.3 is 0 Å². The normalized spacial score (nSPS) is 11.9. The zero-order chi connectivity index (χ0) is 15.4. The molecule has 2 N–H and O–H groups in total. The molecule has 0 spiro atoms. The number of aryl methyl sites for hydroxylation is 1. The Labute approximate surface area is 131 Å². The van der Waals surface area contributed by atoms with E-state index in [0.717, 1.165) is 4.88 Å². The molecular formula is C14H16N4OS2. The van der Waals surface area contributed by atoms with E-state index in [0.29, 0.717) is 28.7 Å². The molecule has 0 bridgehead atoms. The fourth-order valence-electron chi connectivity index (χ4n) is 2.06. The smallest absolute Gasteiger partial charge is 0.260 e. The summed E-state index contributed by atoms with van der Waals surface area (Å²) in [5.74, 6) is -0.462. The van der Waals surface area contributed by atoms with E-state index in [1.165, 1.54) is 22.7 Å². The third-order valence-corrected chi connectivity index (χ3v) is 5.15. The quantitative estimate of drug-likeness (QED) is 0.887. The number of nitrogens with two attached hydrogens (primary N) is 1. The first kappa shape index (κ1) is 15.5. The van der Waals surface area contributed by atoms with Crippen molar-refractivity contribution >= 4 is 33.7 Å². The molecule has 110 valence electrons. The minimum atomic E-state index is -0.462. The molecule has 0 saturated carbocycles. The Morgan fingerprint density at radius 1 is 1.57 bits per heavy atom. The Morgan fingerprint density at radius 3 is 2.76 bits per heavy atom. The van der Waals surface area contributed by atoms with E-state index in [2.05, 4.69) is 11.1 Å². The van der Waals surface area contributed by atoms with Crippen LogP contribution in [0.1, 0.15) is 40.1 Å². The number of nitriles is 1. The lowest BCUT2D eigenvalue weighted by atomic mass is 10.2. The minimum absolute atomic E-state index is 0.397. The van der Waals surface area contributed by atoms with Crippen LogP contribution < -0.4 is 10.6 Å². The molecular weight excluding hydrogens is 304 g/mol. The van der Waals surface area contributed by atoms with Crippen molar-refractivity contribution in [2.45, 2.75) is 26.3 Å². The summed E-state index contributed by atoms with van der Waals surface area (Å²) in [5, 5.41) is 12.1. The van der Waals surface area contributed by atoms with Gasteiger partial charge in [-0.1, -0.05) is 24.3 Å². The molecule has 0 aromatic carbocycles. The third-order valence-electron chi connectivity index (χ3n) is 3.08. The highest BCUT2D eigenvalue weighted by Gasteiger charge is 2.25. The van der Waals surface area contributed by atoms with Gasteiger partial charge in [0.2, 0.25) is 0 Å². The van der Waals surface area contributed by atoms with Crippen LogP contribution in [-0.2, 0) is 6.42 Å². The standard InChI is InChI=1S/C14H16N4OS2/c1-3-9-12(13(16)19)21-14(17-9)18(4-2)10(8-15)11-6-5-7-20-11/h5-7,10H,3-4H2,1-2H3,(H2,16,19). The zero-order valence-corrected chi connectivity index (χ0v) is 13.5. The van der Waals surface area contributed by atoms with E-state index in [1.54, 1.807) is 0 Å². The number of carbonyl (C=O) groups is 1. The number of anilines is 1. The summed E-state index contributed by atoms with van der Waals surface area (Å²) >= 11 is 2.80. The molecule has 2 heterocycles. The summed E-state index contributed by atoms with van der Waals surface area (Å²) in [6.07, 6.45) is 0.641. The summed E-state index contributed by atoms with van der Waals surface area (Å²) in [6, 6.07) is 5.78. The third kappa shape index (κ3) is 3.06. The Bertz CT molecular complexity index is 657. The first-order valence-corrected chi connectivity index (χ1v) is 8.31. The van der Waals surface area contributed by atoms with E-state index >= 15 is 0 Å². The number of hydrogen-bond acceptors (Lipinski definition) is 6. The van der Waals surface area contributed by atoms with Gasteiger partial charge in [0.25, 0.3) is 5.91 Å². The molecule has 0 radical (unpaired) electrons. The van der Waals surface area contributed by atoms with Crippen molar-refractivity contribution in [3.63, 3.8) is 0 Å². The van der Waals surface area contributed by atoms with Gasteiger partial charge in [-0.25, -0.2) is 4.98 Å². The van der Waals surface area contributed by atoms with Gasteiger partial charge in [0, 0.05) is 11.4 Å². The number of thiophene rings is 1. The van der Waals surface area contributed by atoms with Crippen LogP contribution in [0.2, 0.25) is 0 Å². The molecule has 1 amide bonds. The molecule has 0 fully saturated rings. The van der Waals surface area contributed by atoms with E-state index < -0.39 is 11.9 Å².